The molecule has 140 valence electrons. The number of sulfonamides is 1. The van der Waals surface area contributed by atoms with Crippen LogP contribution in [0, 0.1) is 0 Å². The zero-order valence-corrected chi connectivity index (χ0v) is 17.0. The SMILES string of the molecule is NS(=O)(=O)c1cccc(CNc2cc(Nc3cc(Cl)cc(Br)c3)ncn2)c1. The van der Waals surface area contributed by atoms with Crippen LogP contribution < -0.4 is 15.8 Å². The molecular formula is C17H15BrClN5O2S. The van der Waals surface area contributed by atoms with E-state index in [1.807, 2.05) is 6.07 Å². The van der Waals surface area contributed by atoms with Crippen LogP contribution in [0.5, 0.6) is 0 Å². The molecule has 2 aromatic carbocycles. The Morgan fingerprint density at radius 3 is 2.59 bits per heavy atom. The lowest BCUT2D eigenvalue weighted by Crippen LogP contribution is -2.12. The number of anilines is 3. The van der Waals surface area contributed by atoms with Crippen molar-refractivity contribution in [2.24, 2.45) is 5.14 Å². The summed E-state index contributed by atoms with van der Waals surface area (Å²) in [6.07, 6.45) is 1.42. The third kappa shape index (κ3) is 5.64. The maximum atomic E-state index is 11.4. The Balaban J connectivity index is 1.71. The molecule has 1 heterocycles. The van der Waals surface area contributed by atoms with Crippen LogP contribution in [-0.2, 0) is 16.6 Å². The molecule has 3 aromatic rings. The molecule has 3 rings (SSSR count). The first-order valence-electron chi connectivity index (χ1n) is 7.70. The van der Waals surface area contributed by atoms with E-state index >= 15 is 0 Å². The third-order valence-corrected chi connectivity index (χ3v) is 5.09. The van der Waals surface area contributed by atoms with Crippen molar-refractivity contribution in [3.63, 3.8) is 0 Å². The topological polar surface area (TPSA) is 110 Å². The summed E-state index contributed by atoms with van der Waals surface area (Å²) in [5, 5.41) is 12.0. The Morgan fingerprint density at radius 1 is 1.07 bits per heavy atom. The maximum absolute atomic E-state index is 11.4. The molecule has 10 heteroatoms. The van der Waals surface area contributed by atoms with Crippen molar-refractivity contribution in [1.29, 1.82) is 0 Å². The Labute approximate surface area is 170 Å². The van der Waals surface area contributed by atoms with Crippen LogP contribution in [0.15, 0.2) is 64.2 Å². The third-order valence-electron chi connectivity index (χ3n) is 3.50. The van der Waals surface area contributed by atoms with Crippen LogP contribution >= 0.6 is 27.5 Å². The number of primary sulfonamides is 1. The largest absolute Gasteiger partial charge is 0.366 e. The van der Waals surface area contributed by atoms with Gasteiger partial charge in [0.1, 0.15) is 18.0 Å². The van der Waals surface area contributed by atoms with Crippen molar-refractivity contribution >= 4 is 54.9 Å². The van der Waals surface area contributed by atoms with E-state index in [-0.39, 0.29) is 4.90 Å². The number of aromatic nitrogens is 2. The summed E-state index contributed by atoms with van der Waals surface area (Å²) in [5.41, 5.74) is 1.54. The zero-order valence-electron chi connectivity index (χ0n) is 13.9. The summed E-state index contributed by atoms with van der Waals surface area (Å²) in [6.45, 7) is 0.378. The summed E-state index contributed by atoms with van der Waals surface area (Å²) in [4.78, 5) is 8.41. The number of nitrogens with zero attached hydrogens (tertiary/aromatic N) is 2. The lowest BCUT2D eigenvalue weighted by molar-refractivity contribution is 0.597. The van der Waals surface area contributed by atoms with Crippen molar-refractivity contribution < 1.29 is 8.42 Å². The molecule has 4 N–H and O–H groups in total. The minimum Gasteiger partial charge on any atom is -0.366 e. The molecule has 0 unspecified atom stereocenters. The molecule has 7 nitrogen and oxygen atoms in total. The quantitative estimate of drug-likeness (QED) is 0.506. The fraction of sp³-hybridized carbons (Fsp3) is 0.0588. The van der Waals surface area contributed by atoms with Gasteiger partial charge in [0.05, 0.1) is 4.90 Å². The highest BCUT2D eigenvalue weighted by atomic mass is 79.9. The number of hydrogen-bond acceptors (Lipinski definition) is 6. The van der Waals surface area contributed by atoms with Gasteiger partial charge in [0.15, 0.2) is 0 Å². The summed E-state index contributed by atoms with van der Waals surface area (Å²) >= 11 is 9.43. The predicted molar refractivity (Wildman–Crippen MR) is 110 cm³/mol. The van der Waals surface area contributed by atoms with Crippen molar-refractivity contribution in [2.75, 3.05) is 10.6 Å². The van der Waals surface area contributed by atoms with Crippen molar-refractivity contribution in [3.05, 3.63) is 69.9 Å². The molecule has 0 aliphatic carbocycles. The van der Waals surface area contributed by atoms with E-state index in [0.717, 1.165) is 15.7 Å². The molecule has 0 fully saturated rings. The molecule has 0 saturated carbocycles. The van der Waals surface area contributed by atoms with Crippen LogP contribution in [0.1, 0.15) is 5.56 Å². The van der Waals surface area contributed by atoms with Gasteiger partial charge in [-0.2, -0.15) is 0 Å². The number of rotatable bonds is 6. The first kappa shape index (κ1) is 19.6. The molecule has 0 amide bonds. The number of benzene rings is 2. The molecule has 0 radical (unpaired) electrons. The van der Waals surface area contributed by atoms with E-state index in [1.54, 1.807) is 30.3 Å². The molecule has 0 atom stereocenters. The Hall–Kier alpha value is -2.20. The first-order chi connectivity index (χ1) is 12.8. The van der Waals surface area contributed by atoms with Crippen molar-refractivity contribution in [1.82, 2.24) is 9.97 Å². The second kappa shape index (κ2) is 8.22. The smallest absolute Gasteiger partial charge is 0.238 e. The fourth-order valence-electron chi connectivity index (χ4n) is 2.32. The second-order valence-electron chi connectivity index (χ2n) is 5.62. The van der Waals surface area contributed by atoms with Crippen LogP contribution in [0.25, 0.3) is 0 Å². The minimum absolute atomic E-state index is 0.0679. The number of nitrogens with one attached hydrogen (secondary N) is 2. The van der Waals surface area contributed by atoms with Gasteiger partial charge in [-0.1, -0.05) is 39.7 Å². The van der Waals surface area contributed by atoms with E-state index in [4.69, 9.17) is 16.7 Å². The highest BCUT2D eigenvalue weighted by Crippen LogP contribution is 2.25. The van der Waals surface area contributed by atoms with Gasteiger partial charge >= 0.3 is 0 Å². The maximum Gasteiger partial charge on any atom is 0.238 e. The standard InChI is InChI=1S/C17H15BrClN5O2S/c18-12-5-13(19)7-14(6-12)24-17-8-16(22-10-23-17)21-9-11-2-1-3-15(4-11)27(20,25)26/h1-8,10H,9H2,(H2,20,25,26)(H2,21,22,23,24). The van der Waals surface area contributed by atoms with Crippen LogP contribution in [0.3, 0.4) is 0 Å². The molecule has 0 saturated heterocycles. The van der Waals surface area contributed by atoms with Crippen LogP contribution in [0.2, 0.25) is 5.02 Å². The predicted octanol–water partition coefficient (Wildman–Crippen LogP) is 3.90. The average molecular weight is 469 g/mol. The Bertz CT molecular complexity index is 1060. The molecule has 0 spiro atoms. The van der Waals surface area contributed by atoms with Gasteiger partial charge in [-0.3, -0.25) is 0 Å². The lowest BCUT2D eigenvalue weighted by Gasteiger charge is -2.10. The van der Waals surface area contributed by atoms with Crippen molar-refractivity contribution in [3.8, 4) is 0 Å². The van der Waals surface area contributed by atoms with Crippen LogP contribution in [0.4, 0.5) is 17.3 Å². The number of hydrogen-bond donors (Lipinski definition) is 3. The van der Waals surface area contributed by atoms with Gasteiger partial charge in [-0.25, -0.2) is 23.5 Å². The van der Waals surface area contributed by atoms with E-state index < -0.39 is 10.0 Å². The average Bonchev–Trinajstić information content (AvgIpc) is 2.59. The molecular weight excluding hydrogens is 454 g/mol. The fourth-order valence-corrected chi connectivity index (χ4v) is 3.77. The molecule has 0 aliphatic rings. The first-order valence-corrected chi connectivity index (χ1v) is 10.4. The molecule has 27 heavy (non-hydrogen) atoms. The summed E-state index contributed by atoms with van der Waals surface area (Å²) in [5.74, 6) is 1.16. The summed E-state index contributed by atoms with van der Waals surface area (Å²) in [6, 6.07) is 13.6. The highest BCUT2D eigenvalue weighted by Gasteiger charge is 2.08. The van der Waals surface area contributed by atoms with Gasteiger partial charge in [0, 0.05) is 27.8 Å². The van der Waals surface area contributed by atoms with E-state index in [9.17, 15) is 8.42 Å². The molecule has 0 bridgehead atoms. The van der Waals surface area contributed by atoms with E-state index in [0.29, 0.717) is 23.2 Å². The van der Waals surface area contributed by atoms with Crippen molar-refractivity contribution in [2.45, 2.75) is 11.4 Å². The van der Waals surface area contributed by atoms with Gasteiger partial charge in [-0.05, 0) is 35.9 Å². The second-order valence-corrected chi connectivity index (χ2v) is 8.53. The van der Waals surface area contributed by atoms with Gasteiger partial charge in [-0.15, -0.1) is 0 Å². The Kier molecular flexibility index (Phi) is 5.95. The number of halogens is 2. The van der Waals surface area contributed by atoms with E-state index in [2.05, 4.69) is 36.5 Å². The molecule has 0 aliphatic heterocycles. The zero-order chi connectivity index (χ0) is 19.4. The normalized spacial score (nSPS) is 11.2. The lowest BCUT2D eigenvalue weighted by atomic mass is 10.2. The summed E-state index contributed by atoms with van der Waals surface area (Å²) in [7, 11) is -3.73. The molecule has 1 aromatic heterocycles. The monoisotopic (exact) mass is 467 g/mol. The van der Waals surface area contributed by atoms with Gasteiger partial charge < -0.3 is 10.6 Å². The highest BCUT2D eigenvalue weighted by molar-refractivity contribution is 9.10. The van der Waals surface area contributed by atoms with E-state index in [1.165, 1.54) is 18.5 Å². The summed E-state index contributed by atoms with van der Waals surface area (Å²) < 4.78 is 23.7. The number of nitrogens with two attached hydrogens (primary N) is 1. The minimum atomic E-state index is -3.73. The van der Waals surface area contributed by atoms with Gasteiger partial charge in [0.2, 0.25) is 10.0 Å². The Morgan fingerprint density at radius 2 is 1.85 bits per heavy atom. The van der Waals surface area contributed by atoms with Gasteiger partial charge in [0.25, 0.3) is 0 Å². The van der Waals surface area contributed by atoms with Crippen LogP contribution in [-0.4, -0.2) is 18.4 Å².